The number of aromatic carboxylic acids is 1. The second kappa shape index (κ2) is 11.4. The van der Waals surface area contributed by atoms with Gasteiger partial charge in [-0.3, -0.25) is 0 Å². The number of fused-ring (bicyclic) bond motifs is 1. The molecule has 0 saturated carbocycles. The number of methoxy groups -OCH3 is 3. The number of carboxylic acid groups (broad SMARTS) is 1. The van der Waals surface area contributed by atoms with Crippen molar-refractivity contribution in [1.82, 2.24) is 9.88 Å². The summed E-state index contributed by atoms with van der Waals surface area (Å²) in [7, 11) is 4.76. The number of para-hydroxylation sites is 1. The molecule has 4 rings (SSSR count). The molecule has 2 N–H and O–H groups in total. The summed E-state index contributed by atoms with van der Waals surface area (Å²) in [5.74, 6) is 0.824. The fourth-order valence-corrected chi connectivity index (χ4v) is 4.66. The number of ether oxygens (including phenoxy) is 3. The van der Waals surface area contributed by atoms with Crippen LogP contribution in [0.25, 0.3) is 10.9 Å². The summed E-state index contributed by atoms with van der Waals surface area (Å²) >= 11 is 6.03. The highest BCUT2D eigenvalue weighted by Gasteiger charge is 2.22. The zero-order chi connectivity index (χ0) is 25.7. The van der Waals surface area contributed by atoms with E-state index in [0.29, 0.717) is 48.3 Å². The molecule has 0 atom stereocenters. The Morgan fingerprint density at radius 2 is 1.67 bits per heavy atom. The van der Waals surface area contributed by atoms with Crippen molar-refractivity contribution in [2.75, 3.05) is 27.9 Å². The van der Waals surface area contributed by atoms with Crippen LogP contribution in [0, 0.1) is 0 Å². The molecule has 4 aromatic rings. The molecule has 36 heavy (non-hydrogen) atoms. The monoisotopic (exact) mass is 508 g/mol. The molecule has 0 unspecified atom stereocenters. The van der Waals surface area contributed by atoms with Gasteiger partial charge >= 0.3 is 5.97 Å². The lowest BCUT2D eigenvalue weighted by molar-refractivity contribution is 0.0684. The third-order valence-corrected chi connectivity index (χ3v) is 6.44. The zero-order valence-corrected chi connectivity index (χ0v) is 21.3. The minimum atomic E-state index is -0.960. The molecule has 0 spiro atoms. The molecule has 0 aliphatic carbocycles. The van der Waals surface area contributed by atoms with Crippen LogP contribution in [0.4, 0.5) is 0 Å². The maximum absolute atomic E-state index is 12.4. The normalized spacial score (nSPS) is 11.0. The highest BCUT2D eigenvalue weighted by atomic mass is 35.5. The van der Waals surface area contributed by atoms with Crippen molar-refractivity contribution in [1.29, 1.82) is 0 Å². The quantitative estimate of drug-likeness (QED) is 0.264. The van der Waals surface area contributed by atoms with Crippen LogP contribution in [0.15, 0.2) is 60.7 Å². The van der Waals surface area contributed by atoms with E-state index in [2.05, 4.69) is 5.32 Å². The first-order valence-corrected chi connectivity index (χ1v) is 11.9. The van der Waals surface area contributed by atoms with E-state index in [-0.39, 0.29) is 5.69 Å². The van der Waals surface area contributed by atoms with Gasteiger partial charge in [0.25, 0.3) is 0 Å². The predicted molar refractivity (Wildman–Crippen MR) is 141 cm³/mol. The Morgan fingerprint density at radius 1 is 0.944 bits per heavy atom. The van der Waals surface area contributed by atoms with E-state index in [0.717, 1.165) is 27.6 Å². The van der Waals surface area contributed by atoms with Crippen molar-refractivity contribution in [3.05, 3.63) is 88.1 Å². The SMILES string of the molecule is COc1ccc(CCNCc2c(C(=O)O)n(Cc3ccc(Cl)cc3)c3ccccc23)c(OC)c1OC. The fourth-order valence-electron chi connectivity index (χ4n) is 4.53. The highest BCUT2D eigenvalue weighted by Crippen LogP contribution is 2.39. The standard InChI is InChI=1S/C28H29ClN2O5/c1-34-24-13-10-19(26(35-2)27(24)36-3)14-15-30-16-22-21-6-4-5-7-23(21)31(25(22)28(32)33)17-18-8-11-20(29)12-9-18/h4-13,30H,14-17H2,1-3H3,(H,32,33). The van der Waals surface area contributed by atoms with Crippen molar-refractivity contribution < 1.29 is 24.1 Å². The van der Waals surface area contributed by atoms with Crippen LogP contribution >= 0.6 is 11.6 Å². The Balaban J connectivity index is 1.58. The van der Waals surface area contributed by atoms with Crippen molar-refractivity contribution in [2.45, 2.75) is 19.5 Å². The van der Waals surface area contributed by atoms with E-state index in [1.54, 1.807) is 21.3 Å². The Labute approximate surface area is 215 Å². The number of benzene rings is 3. The third kappa shape index (κ3) is 5.12. The van der Waals surface area contributed by atoms with Crippen LogP contribution in [-0.4, -0.2) is 43.5 Å². The number of rotatable bonds is 11. The van der Waals surface area contributed by atoms with Crippen molar-refractivity contribution in [3.8, 4) is 17.2 Å². The van der Waals surface area contributed by atoms with Crippen LogP contribution in [-0.2, 0) is 19.5 Å². The fraction of sp³-hybridized carbons (Fsp3) is 0.250. The summed E-state index contributed by atoms with van der Waals surface area (Å²) in [6.45, 7) is 1.45. The second-order valence-corrected chi connectivity index (χ2v) is 8.72. The summed E-state index contributed by atoms with van der Waals surface area (Å²) in [4.78, 5) is 12.4. The Morgan fingerprint density at radius 3 is 2.33 bits per heavy atom. The first kappa shape index (κ1) is 25.4. The average molecular weight is 509 g/mol. The summed E-state index contributed by atoms with van der Waals surface area (Å²) in [6, 6.07) is 19.0. The molecule has 8 heteroatoms. The van der Waals surface area contributed by atoms with E-state index >= 15 is 0 Å². The van der Waals surface area contributed by atoms with Crippen LogP contribution < -0.4 is 19.5 Å². The van der Waals surface area contributed by atoms with Crippen molar-refractivity contribution in [3.63, 3.8) is 0 Å². The molecule has 0 aliphatic heterocycles. The molecule has 0 fully saturated rings. The Hall–Kier alpha value is -3.68. The zero-order valence-electron chi connectivity index (χ0n) is 20.5. The van der Waals surface area contributed by atoms with Crippen molar-refractivity contribution >= 4 is 28.5 Å². The van der Waals surface area contributed by atoms with Crippen molar-refractivity contribution in [2.24, 2.45) is 0 Å². The summed E-state index contributed by atoms with van der Waals surface area (Å²) in [5.41, 5.74) is 3.85. The molecule has 0 radical (unpaired) electrons. The van der Waals surface area contributed by atoms with Gasteiger partial charge in [0.2, 0.25) is 5.75 Å². The van der Waals surface area contributed by atoms with Gasteiger partial charge in [-0.25, -0.2) is 4.79 Å². The lowest BCUT2D eigenvalue weighted by atomic mass is 10.1. The average Bonchev–Trinajstić information content (AvgIpc) is 3.20. The highest BCUT2D eigenvalue weighted by molar-refractivity contribution is 6.30. The molecule has 3 aromatic carbocycles. The van der Waals surface area contributed by atoms with E-state index < -0.39 is 5.97 Å². The molecule has 188 valence electrons. The number of nitrogens with zero attached hydrogens (tertiary/aromatic N) is 1. The lowest BCUT2D eigenvalue weighted by Crippen LogP contribution is -2.20. The van der Waals surface area contributed by atoms with Gasteiger partial charge in [0, 0.05) is 34.6 Å². The van der Waals surface area contributed by atoms with E-state index in [9.17, 15) is 9.90 Å². The maximum Gasteiger partial charge on any atom is 0.352 e. The molecular formula is C28H29ClN2O5. The van der Waals surface area contributed by atoms with Gasteiger partial charge in [-0.05, 0) is 48.4 Å². The first-order chi connectivity index (χ1) is 17.5. The summed E-state index contributed by atoms with van der Waals surface area (Å²) in [6.07, 6.45) is 0.662. The number of carboxylic acids is 1. The number of halogens is 1. The number of hydrogen-bond acceptors (Lipinski definition) is 5. The van der Waals surface area contributed by atoms with E-state index in [4.69, 9.17) is 25.8 Å². The van der Waals surface area contributed by atoms with Gasteiger partial charge in [0.1, 0.15) is 5.69 Å². The Bertz CT molecular complexity index is 1360. The van der Waals surface area contributed by atoms with Gasteiger partial charge in [0.15, 0.2) is 11.5 Å². The Kier molecular flexibility index (Phi) is 8.03. The van der Waals surface area contributed by atoms with Crippen LogP contribution in [0.3, 0.4) is 0 Å². The molecule has 0 amide bonds. The molecule has 1 aromatic heterocycles. The number of nitrogens with one attached hydrogen (secondary N) is 1. The summed E-state index contributed by atoms with van der Waals surface area (Å²) in [5, 5.41) is 15.1. The third-order valence-electron chi connectivity index (χ3n) is 6.19. The molecule has 0 saturated heterocycles. The predicted octanol–water partition coefficient (Wildman–Crippen LogP) is 5.40. The molecule has 0 aliphatic rings. The number of carbonyl (C=O) groups is 1. The lowest BCUT2D eigenvalue weighted by Gasteiger charge is -2.16. The van der Waals surface area contributed by atoms with Crippen LogP contribution in [0.1, 0.15) is 27.2 Å². The maximum atomic E-state index is 12.4. The second-order valence-electron chi connectivity index (χ2n) is 8.28. The largest absolute Gasteiger partial charge is 0.493 e. The molecular weight excluding hydrogens is 480 g/mol. The van der Waals surface area contributed by atoms with Gasteiger partial charge in [0.05, 0.1) is 21.3 Å². The summed E-state index contributed by atoms with van der Waals surface area (Å²) < 4.78 is 18.3. The molecule has 1 heterocycles. The van der Waals surface area contributed by atoms with Gasteiger partial charge in [-0.1, -0.05) is 48.0 Å². The molecule has 0 bridgehead atoms. The van der Waals surface area contributed by atoms with Crippen LogP contribution in [0.2, 0.25) is 5.02 Å². The van der Waals surface area contributed by atoms with Gasteiger partial charge in [-0.2, -0.15) is 0 Å². The van der Waals surface area contributed by atoms with Crippen LogP contribution in [0.5, 0.6) is 17.2 Å². The first-order valence-electron chi connectivity index (χ1n) is 11.5. The minimum absolute atomic E-state index is 0.280. The smallest absolute Gasteiger partial charge is 0.352 e. The van der Waals surface area contributed by atoms with Gasteiger partial charge in [-0.15, -0.1) is 0 Å². The minimum Gasteiger partial charge on any atom is -0.493 e. The molecule has 7 nitrogen and oxygen atoms in total. The van der Waals surface area contributed by atoms with Gasteiger partial charge < -0.3 is 29.2 Å². The van der Waals surface area contributed by atoms with E-state index in [1.165, 1.54) is 0 Å². The van der Waals surface area contributed by atoms with E-state index in [1.807, 2.05) is 65.2 Å². The topological polar surface area (TPSA) is 82.0 Å². The number of hydrogen-bond donors (Lipinski definition) is 2. The number of aromatic nitrogens is 1.